The normalized spacial score (nSPS) is 14.4. The van der Waals surface area contributed by atoms with Crippen LogP contribution in [0.4, 0.5) is 0 Å². The Morgan fingerprint density at radius 2 is 2.07 bits per heavy atom. The number of carbonyl (C=O) groups excluding carboxylic acids is 1. The van der Waals surface area contributed by atoms with E-state index in [-0.39, 0.29) is 6.61 Å². The van der Waals surface area contributed by atoms with Gasteiger partial charge >= 0.3 is 11.8 Å². The molecule has 0 aliphatic heterocycles. The van der Waals surface area contributed by atoms with Gasteiger partial charge in [-0.15, -0.1) is 0 Å². The highest BCUT2D eigenvalue weighted by Crippen LogP contribution is 2.16. The van der Waals surface area contributed by atoms with Gasteiger partial charge in [0.25, 0.3) is 0 Å². The number of likely N-dealkylation sites (N-methyl/N-ethyl adjacent to an activating group) is 1. The fraction of sp³-hybridized carbons (Fsp3) is 0.875. The Morgan fingerprint density at radius 1 is 1.53 bits per heavy atom. The van der Waals surface area contributed by atoms with E-state index in [1.165, 1.54) is 11.9 Å². The summed E-state index contributed by atoms with van der Waals surface area (Å²) in [5.74, 6) is -3.24. The van der Waals surface area contributed by atoms with Gasteiger partial charge in [0.2, 0.25) is 0 Å². The molecule has 0 N–H and O–H groups in total. The molecular weight excluding hydrogens is 204 g/mol. The maximum atomic E-state index is 11.7. The van der Waals surface area contributed by atoms with E-state index in [0.717, 1.165) is 7.11 Å². The standard InChI is InChI=1S/C8H16N2O5/c1-5-9(3)7(11)8(14-4,10(12)13)15-6-2/h5-6H2,1-4H3. The highest BCUT2D eigenvalue weighted by molar-refractivity contribution is 5.81. The lowest BCUT2D eigenvalue weighted by Gasteiger charge is -2.25. The quantitative estimate of drug-likeness (QED) is 0.359. The zero-order chi connectivity index (χ0) is 12.1. The lowest BCUT2D eigenvalue weighted by atomic mass is 10.4. The van der Waals surface area contributed by atoms with Crippen molar-refractivity contribution in [3.8, 4) is 0 Å². The third kappa shape index (κ3) is 2.63. The van der Waals surface area contributed by atoms with Crippen LogP contribution in [-0.4, -0.2) is 49.0 Å². The number of carbonyl (C=O) groups is 1. The summed E-state index contributed by atoms with van der Waals surface area (Å²) in [4.78, 5) is 22.8. The Kier molecular flexibility index (Phi) is 5.16. The zero-order valence-corrected chi connectivity index (χ0v) is 9.35. The number of hydrogen-bond donors (Lipinski definition) is 0. The molecule has 0 spiro atoms. The first-order valence-electron chi connectivity index (χ1n) is 4.55. The van der Waals surface area contributed by atoms with Crippen molar-refractivity contribution in [1.29, 1.82) is 0 Å². The second kappa shape index (κ2) is 5.62. The molecule has 0 aromatic heterocycles. The summed E-state index contributed by atoms with van der Waals surface area (Å²) >= 11 is 0. The van der Waals surface area contributed by atoms with Gasteiger partial charge in [-0.3, -0.25) is 24.4 Å². The third-order valence-corrected chi connectivity index (χ3v) is 1.95. The Bertz CT molecular complexity index is 245. The van der Waals surface area contributed by atoms with E-state index in [2.05, 4.69) is 4.74 Å². The van der Waals surface area contributed by atoms with Crippen molar-refractivity contribution in [2.75, 3.05) is 27.3 Å². The van der Waals surface area contributed by atoms with Crippen LogP contribution in [0.25, 0.3) is 0 Å². The lowest BCUT2D eigenvalue weighted by Crippen LogP contribution is -2.56. The van der Waals surface area contributed by atoms with E-state index in [1.807, 2.05) is 0 Å². The Labute approximate surface area is 88.1 Å². The van der Waals surface area contributed by atoms with E-state index in [4.69, 9.17) is 4.74 Å². The number of hydrogen-bond acceptors (Lipinski definition) is 5. The molecule has 15 heavy (non-hydrogen) atoms. The van der Waals surface area contributed by atoms with Crippen LogP contribution < -0.4 is 0 Å². The first kappa shape index (κ1) is 13.8. The van der Waals surface area contributed by atoms with Crippen LogP contribution in [0, 0.1) is 10.1 Å². The first-order valence-corrected chi connectivity index (χ1v) is 4.55. The molecule has 0 aromatic rings. The van der Waals surface area contributed by atoms with Gasteiger partial charge in [0.05, 0.1) is 11.5 Å². The van der Waals surface area contributed by atoms with Gasteiger partial charge in [-0.05, 0) is 13.8 Å². The summed E-state index contributed by atoms with van der Waals surface area (Å²) in [6.07, 6.45) is 0. The van der Waals surface area contributed by atoms with Crippen molar-refractivity contribution in [2.24, 2.45) is 0 Å². The van der Waals surface area contributed by atoms with Gasteiger partial charge in [-0.1, -0.05) is 0 Å². The van der Waals surface area contributed by atoms with Gasteiger partial charge in [0, 0.05) is 20.7 Å². The molecule has 0 saturated carbocycles. The maximum Gasteiger partial charge on any atom is 0.523 e. The molecule has 7 heteroatoms. The largest absolute Gasteiger partial charge is 0.523 e. The second-order valence-corrected chi connectivity index (χ2v) is 2.80. The van der Waals surface area contributed by atoms with E-state index >= 15 is 0 Å². The van der Waals surface area contributed by atoms with Crippen molar-refractivity contribution in [2.45, 2.75) is 19.8 Å². The summed E-state index contributed by atoms with van der Waals surface area (Å²) in [5, 5.41) is 10.8. The van der Waals surface area contributed by atoms with E-state index in [9.17, 15) is 14.9 Å². The minimum Gasteiger partial charge on any atom is -0.335 e. The molecule has 0 fully saturated rings. The summed E-state index contributed by atoms with van der Waals surface area (Å²) in [6, 6.07) is 0. The number of rotatable bonds is 6. The van der Waals surface area contributed by atoms with Crippen molar-refractivity contribution < 1.29 is 19.2 Å². The van der Waals surface area contributed by atoms with Gasteiger partial charge in [0.1, 0.15) is 0 Å². The number of methoxy groups -OCH3 is 1. The van der Waals surface area contributed by atoms with Gasteiger partial charge < -0.3 is 4.90 Å². The van der Waals surface area contributed by atoms with Gasteiger partial charge in [-0.2, -0.15) is 0 Å². The molecule has 0 aliphatic rings. The highest BCUT2D eigenvalue weighted by Gasteiger charge is 2.55. The molecule has 0 saturated heterocycles. The fourth-order valence-corrected chi connectivity index (χ4v) is 0.994. The van der Waals surface area contributed by atoms with Crippen LogP contribution >= 0.6 is 0 Å². The van der Waals surface area contributed by atoms with Crippen LogP contribution in [0.3, 0.4) is 0 Å². The molecule has 0 rings (SSSR count). The predicted molar refractivity (Wildman–Crippen MR) is 51.7 cm³/mol. The minimum atomic E-state index is -2.42. The van der Waals surface area contributed by atoms with Crippen LogP contribution in [0.1, 0.15) is 13.8 Å². The Hall–Kier alpha value is -1.21. The summed E-state index contributed by atoms with van der Waals surface area (Å²) in [6.45, 7) is 3.60. The number of amides is 1. The van der Waals surface area contributed by atoms with Gasteiger partial charge in [0.15, 0.2) is 0 Å². The van der Waals surface area contributed by atoms with E-state index in [1.54, 1.807) is 13.8 Å². The predicted octanol–water partition coefficient (Wildman–Crippen LogP) is 0.0781. The minimum absolute atomic E-state index is 0.0120. The molecule has 0 radical (unpaired) electrons. The first-order chi connectivity index (χ1) is 6.96. The molecule has 0 aromatic carbocycles. The SMILES string of the molecule is CCOC(OC)(C(=O)N(C)CC)[N+](=O)[O-]. The van der Waals surface area contributed by atoms with Crippen molar-refractivity contribution >= 4 is 5.91 Å². The Morgan fingerprint density at radius 3 is 2.33 bits per heavy atom. The summed E-state index contributed by atoms with van der Waals surface area (Å²) < 4.78 is 9.42. The zero-order valence-electron chi connectivity index (χ0n) is 9.35. The fourth-order valence-electron chi connectivity index (χ4n) is 0.994. The van der Waals surface area contributed by atoms with E-state index in [0.29, 0.717) is 6.54 Å². The van der Waals surface area contributed by atoms with E-state index < -0.39 is 16.7 Å². The Balaban J connectivity index is 5.06. The molecule has 7 nitrogen and oxygen atoms in total. The topological polar surface area (TPSA) is 81.9 Å². The van der Waals surface area contributed by atoms with Crippen LogP contribution in [-0.2, 0) is 14.3 Å². The smallest absolute Gasteiger partial charge is 0.335 e. The summed E-state index contributed by atoms with van der Waals surface area (Å²) in [7, 11) is 2.51. The maximum absolute atomic E-state index is 11.7. The molecule has 0 heterocycles. The van der Waals surface area contributed by atoms with Crippen LogP contribution in [0.2, 0.25) is 0 Å². The lowest BCUT2D eigenvalue weighted by molar-refractivity contribution is -0.668. The van der Waals surface area contributed by atoms with Crippen LogP contribution in [0.5, 0.6) is 0 Å². The third-order valence-electron chi connectivity index (χ3n) is 1.95. The highest BCUT2D eigenvalue weighted by atomic mass is 16.8. The molecule has 0 aliphatic carbocycles. The molecule has 88 valence electrons. The van der Waals surface area contributed by atoms with Crippen molar-refractivity contribution in [3.05, 3.63) is 10.1 Å². The second-order valence-electron chi connectivity index (χ2n) is 2.80. The van der Waals surface area contributed by atoms with Gasteiger partial charge in [-0.25, -0.2) is 0 Å². The van der Waals surface area contributed by atoms with Crippen molar-refractivity contribution in [1.82, 2.24) is 4.90 Å². The monoisotopic (exact) mass is 220 g/mol. The molecule has 1 amide bonds. The number of nitro groups is 1. The number of nitrogens with zero attached hydrogens (tertiary/aromatic N) is 2. The van der Waals surface area contributed by atoms with Crippen molar-refractivity contribution in [3.63, 3.8) is 0 Å². The average molecular weight is 220 g/mol. The average Bonchev–Trinajstić information content (AvgIpc) is 2.23. The molecule has 0 bridgehead atoms. The molecule has 1 atom stereocenters. The summed E-state index contributed by atoms with van der Waals surface area (Å²) in [5.41, 5.74) is 0. The molecule has 1 unspecified atom stereocenters. The molecular formula is C8H16N2O5. The number of ether oxygens (including phenoxy) is 2. The van der Waals surface area contributed by atoms with Crippen LogP contribution in [0.15, 0.2) is 0 Å².